The molecule has 1 unspecified atom stereocenters. The van der Waals surface area contributed by atoms with E-state index in [1.165, 1.54) is 12.1 Å². The van der Waals surface area contributed by atoms with E-state index in [2.05, 4.69) is 5.32 Å². The van der Waals surface area contributed by atoms with E-state index in [9.17, 15) is 17.6 Å². The summed E-state index contributed by atoms with van der Waals surface area (Å²) in [7, 11) is 0. The van der Waals surface area contributed by atoms with Crippen LogP contribution in [0.1, 0.15) is 11.1 Å². The molecule has 0 bridgehead atoms. The van der Waals surface area contributed by atoms with Crippen molar-refractivity contribution in [3.8, 4) is 0 Å². The Kier molecular flexibility index (Phi) is 2.42. The number of nitrogens with one attached hydrogen (secondary N) is 1. The first-order valence-corrected chi connectivity index (χ1v) is 4.55. The summed E-state index contributed by atoms with van der Waals surface area (Å²) in [6.07, 6.45) is -4.65. The van der Waals surface area contributed by atoms with Gasteiger partial charge in [0.25, 0.3) is 0 Å². The van der Waals surface area contributed by atoms with Crippen molar-refractivity contribution < 1.29 is 17.6 Å². The van der Waals surface area contributed by atoms with Gasteiger partial charge in [-0.3, -0.25) is 0 Å². The minimum atomic E-state index is -4.32. The van der Waals surface area contributed by atoms with E-state index < -0.39 is 18.0 Å². The zero-order valence-corrected chi connectivity index (χ0v) is 7.74. The Balaban J connectivity index is 2.30. The molecule has 0 aromatic heterocycles. The number of fused-ring (bicyclic) bond motifs is 1. The number of hydrogen-bond acceptors (Lipinski definition) is 1. The van der Waals surface area contributed by atoms with Crippen LogP contribution < -0.4 is 5.32 Å². The van der Waals surface area contributed by atoms with Crippen LogP contribution in [0, 0.1) is 5.82 Å². The maximum atomic E-state index is 13.2. The molecular weight excluding hydrogens is 210 g/mol. The topological polar surface area (TPSA) is 12.0 Å². The van der Waals surface area contributed by atoms with E-state index in [0.717, 1.165) is 0 Å². The highest BCUT2D eigenvalue weighted by molar-refractivity contribution is 5.31. The van der Waals surface area contributed by atoms with Gasteiger partial charge >= 0.3 is 6.18 Å². The lowest BCUT2D eigenvalue weighted by atomic mass is 9.95. The van der Waals surface area contributed by atoms with E-state index in [1.807, 2.05) is 0 Å². The highest BCUT2D eigenvalue weighted by atomic mass is 19.4. The third-order valence-electron chi connectivity index (χ3n) is 2.56. The maximum absolute atomic E-state index is 13.2. The van der Waals surface area contributed by atoms with Gasteiger partial charge in [0.15, 0.2) is 0 Å². The summed E-state index contributed by atoms with van der Waals surface area (Å²) in [5.74, 6) is -0.553. The van der Waals surface area contributed by atoms with E-state index in [4.69, 9.17) is 0 Å². The Bertz CT molecular complexity index is 372. The molecule has 0 saturated carbocycles. The van der Waals surface area contributed by atoms with Gasteiger partial charge in [0.1, 0.15) is 11.9 Å². The zero-order valence-electron chi connectivity index (χ0n) is 7.74. The lowest BCUT2D eigenvalue weighted by Crippen LogP contribution is -2.46. The van der Waals surface area contributed by atoms with Crippen molar-refractivity contribution in [1.29, 1.82) is 0 Å². The monoisotopic (exact) mass is 219 g/mol. The van der Waals surface area contributed by atoms with Crippen molar-refractivity contribution in [2.75, 3.05) is 0 Å². The molecule has 1 aliphatic heterocycles. The van der Waals surface area contributed by atoms with Crippen LogP contribution in [0.3, 0.4) is 0 Å². The molecule has 1 aromatic rings. The molecule has 2 rings (SSSR count). The van der Waals surface area contributed by atoms with Crippen molar-refractivity contribution in [3.63, 3.8) is 0 Å². The highest BCUT2D eigenvalue weighted by Crippen LogP contribution is 2.28. The van der Waals surface area contributed by atoms with Gasteiger partial charge in [-0.15, -0.1) is 0 Å². The normalized spacial score (nSPS) is 21.2. The summed E-state index contributed by atoms with van der Waals surface area (Å²) in [4.78, 5) is 0. The van der Waals surface area contributed by atoms with E-state index in [0.29, 0.717) is 5.56 Å². The van der Waals surface area contributed by atoms with Crippen LogP contribution in [0.5, 0.6) is 0 Å². The Morgan fingerprint density at radius 3 is 2.67 bits per heavy atom. The lowest BCUT2D eigenvalue weighted by molar-refractivity contribution is -0.157. The second kappa shape index (κ2) is 3.48. The van der Waals surface area contributed by atoms with Crippen LogP contribution in [0.25, 0.3) is 0 Å². The lowest BCUT2D eigenvalue weighted by Gasteiger charge is -2.27. The largest absolute Gasteiger partial charge is 0.404 e. The van der Waals surface area contributed by atoms with Crippen LogP contribution in [0.4, 0.5) is 17.6 Å². The fourth-order valence-electron chi connectivity index (χ4n) is 1.74. The molecule has 0 radical (unpaired) electrons. The molecule has 1 aromatic carbocycles. The molecular formula is C10H9F4N. The van der Waals surface area contributed by atoms with Crippen molar-refractivity contribution in [2.45, 2.75) is 25.2 Å². The smallest absolute Gasteiger partial charge is 0.302 e. The average molecular weight is 219 g/mol. The number of hydrogen-bond donors (Lipinski definition) is 1. The van der Waals surface area contributed by atoms with Crippen LogP contribution in [0.15, 0.2) is 18.2 Å². The van der Waals surface area contributed by atoms with Gasteiger partial charge in [-0.25, -0.2) is 4.39 Å². The van der Waals surface area contributed by atoms with Crippen LogP contribution in [-0.2, 0) is 13.0 Å². The molecule has 0 spiro atoms. The minimum Gasteiger partial charge on any atom is -0.302 e. The zero-order chi connectivity index (χ0) is 11.1. The van der Waals surface area contributed by atoms with Crippen LogP contribution in [-0.4, -0.2) is 12.2 Å². The number of alkyl halides is 3. The molecule has 0 saturated heterocycles. The summed E-state index contributed by atoms with van der Waals surface area (Å²) in [6.45, 7) is 0.0667. The molecule has 1 N–H and O–H groups in total. The summed E-state index contributed by atoms with van der Waals surface area (Å²) < 4.78 is 50.4. The van der Waals surface area contributed by atoms with E-state index >= 15 is 0 Å². The van der Waals surface area contributed by atoms with E-state index in [-0.39, 0.29) is 18.5 Å². The maximum Gasteiger partial charge on any atom is 0.404 e. The van der Waals surface area contributed by atoms with Gasteiger partial charge in [0.2, 0.25) is 0 Å². The molecule has 0 amide bonds. The summed E-state index contributed by atoms with van der Waals surface area (Å²) in [6, 6.07) is 2.70. The Morgan fingerprint density at radius 1 is 1.27 bits per heavy atom. The summed E-state index contributed by atoms with van der Waals surface area (Å²) >= 11 is 0. The fourth-order valence-corrected chi connectivity index (χ4v) is 1.74. The SMILES string of the molecule is Fc1cccc2c1CC(C(F)(F)F)NC2. The van der Waals surface area contributed by atoms with Gasteiger partial charge in [0, 0.05) is 6.54 Å². The van der Waals surface area contributed by atoms with E-state index in [1.54, 1.807) is 6.07 Å². The quantitative estimate of drug-likeness (QED) is 0.661. The molecule has 15 heavy (non-hydrogen) atoms. The molecule has 1 aliphatic rings. The molecule has 1 nitrogen and oxygen atoms in total. The third kappa shape index (κ3) is 1.97. The van der Waals surface area contributed by atoms with Crippen molar-refractivity contribution in [3.05, 3.63) is 35.1 Å². The number of rotatable bonds is 0. The molecule has 1 atom stereocenters. The summed E-state index contributed by atoms with van der Waals surface area (Å²) in [5, 5.41) is 2.35. The fraction of sp³-hybridized carbons (Fsp3) is 0.400. The Morgan fingerprint density at radius 2 is 2.00 bits per heavy atom. The van der Waals surface area contributed by atoms with Gasteiger partial charge in [0.05, 0.1) is 0 Å². The standard InChI is InChI=1S/C10H9F4N/c11-8-3-1-2-6-5-15-9(4-7(6)8)10(12,13)14/h1-3,9,15H,4-5H2. The molecule has 82 valence electrons. The minimum absolute atomic E-state index is 0.0667. The number of benzene rings is 1. The van der Waals surface area contributed by atoms with Gasteiger partial charge in [-0.1, -0.05) is 12.1 Å². The molecule has 5 heteroatoms. The van der Waals surface area contributed by atoms with Gasteiger partial charge in [-0.2, -0.15) is 13.2 Å². The number of halogens is 4. The molecule has 0 fully saturated rings. The molecule has 1 heterocycles. The first kappa shape index (κ1) is 10.4. The third-order valence-corrected chi connectivity index (χ3v) is 2.56. The second-order valence-electron chi connectivity index (χ2n) is 3.56. The van der Waals surface area contributed by atoms with Crippen molar-refractivity contribution in [2.24, 2.45) is 0 Å². The predicted molar refractivity (Wildman–Crippen MR) is 46.8 cm³/mol. The van der Waals surface area contributed by atoms with Crippen LogP contribution >= 0.6 is 0 Å². The van der Waals surface area contributed by atoms with Gasteiger partial charge < -0.3 is 5.32 Å². The first-order valence-electron chi connectivity index (χ1n) is 4.55. The van der Waals surface area contributed by atoms with Gasteiger partial charge in [-0.05, 0) is 23.6 Å². The average Bonchev–Trinajstić information content (AvgIpc) is 2.16. The van der Waals surface area contributed by atoms with Crippen LogP contribution in [0.2, 0.25) is 0 Å². The van der Waals surface area contributed by atoms with Crippen molar-refractivity contribution >= 4 is 0 Å². The second-order valence-corrected chi connectivity index (χ2v) is 3.56. The highest BCUT2D eigenvalue weighted by Gasteiger charge is 2.41. The summed E-state index contributed by atoms with van der Waals surface area (Å²) in [5.41, 5.74) is 0.786. The predicted octanol–water partition coefficient (Wildman–Crippen LogP) is 2.40. The van der Waals surface area contributed by atoms with Crippen molar-refractivity contribution in [1.82, 2.24) is 5.32 Å². The Labute approximate surface area is 84.1 Å². The Hall–Kier alpha value is -1.10. The first-order chi connectivity index (χ1) is 6.98. The molecule has 0 aliphatic carbocycles.